The molecule has 0 fully saturated rings. The fourth-order valence-corrected chi connectivity index (χ4v) is 0.771. The predicted octanol–water partition coefficient (Wildman–Crippen LogP) is 0.976. The molecule has 0 atom stereocenters. The van der Waals surface area contributed by atoms with Crippen LogP contribution in [0.5, 0.6) is 0 Å². The van der Waals surface area contributed by atoms with Gasteiger partial charge in [-0.2, -0.15) is 0 Å². The van der Waals surface area contributed by atoms with Crippen LogP contribution in [0.2, 0.25) is 0 Å². The molecular formula is C7H11NO. The van der Waals surface area contributed by atoms with E-state index >= 15 is 0 Å². The van der Waals surface area contributed by atoms with Gasteiger partial charge in [0.1, 0.15) is 6.73 Å². The number of ether oxygens (including phenoxy) is 1. The van der Waals surface area contributed by atoms with Gasteiger partial charge in [0.15, 0.2) is 0 Å². The van der Waals surface area contributed by atoms with Gasteiger partial charge in [0.2, 0.25) is 0 Å². The second-order valence-electron chi connectivity index (χ2n) is 1.99. The smallest absolute Gasteiger partial charge is 0.141 e. The molecule has 0 radical (unpaired) electrons. The Kier molecular flexibility index (Phi) is 2.33. The first-order valence-electron chi connectivity index (χ1n) is 3.03. The van der Waals surface area contributed by atoms with Crippen molar-refractivity contribution >= 4 is 0 Å². The number of nitrogens with zero attached hydrogens (tertiary/aromatic N) is 1. The second-order valence-corrected chi connectivity index (χ2v) is 1.99. The summed E-state index contributed by atoms with van der Waals surface area (Å²) in [5.41, 5.74) is 0. The zero-order chi connectivity index (χ0) is 6.53. The van der Waals surface area contributed by atoms with Crippen molar-refractivity contribution in [1.29, 1.82) is 0 Å². The molecule has 0 amide bonds. The Labute approximate surface area is 55.4 Å². The first-order chi connectivity index (χ1) is 4.43. The molecule has 50 valence electrons. The Hall–Kier alpha value is -0.760. The van der Waals surface area contributed by atoms with Crippen molar-refractivity contribution in [1.82, 2.24) is 4.90 Å². The number of rotatable bonds is 2. The van der Waals surface area contributed by atoms with Crippen molar-refractivity contribution in [3.8, 4) is 0 Å². The fourth-order valence-electron chi connectivity index (χ4n) is 0.771. The third-order valence-corrected chi connectivity index (χ3v) is 1.20. The molecule has 1 rings (SSSR count). The Bertz CT molecular complexity index is 120. The zero-order valence-electron chi connectivity index (χ0n) is 5.42. The minimum atomic E-state index is 0.697. The summed E-state index contributed by atoms with van der Waals surface area (Å²) in [6.45, 7) is 6.22. The van der Waals surface area contributed by atoms with Crippen LogP contribution in [0.1, 0.15) is 0 Å². The summed E-state index contributed by atoms with van der Waals surface area (Å²) in [5, 5.41) is 0. The molecule has 9 heavy (non-hydrogen) atoms. The first kappa shape index (κ1) is 6.36. The van der Waals surface area contributed by atoms with Crippen molar-refractivity contribution in [2.45, 2.75) is 0 Å². The molecule has 1 heterocycles. The Morgan fingerprint density at radius 2 is 2.67 bits per heavy atom. The summed E-state index contributed by atoms with van der Waals surface area (Å²) in [6.07, 6.45) is 5.61. The summed E-state index contributed by atoms with van der Waals surface area (Å²) in [5.74, 6) is 0. The van der Waals surface area contributed by atoms with Gasteiger partial charge < -0.3 is 4.74 Å². The van der Waals surface area contributed by atoms with Gasteiger partial charge in [0, 0.05) is 13.1 Å². The zero-order valence-corrected chi connectivity index (χ0v) is 5.42. The molecule has 0 spiro atoms. The van der Waals surface area contributed by atoms with Crippen LogP contribution in [0.4, 0.5) is 0 Å². The lowest BCUT2D eigenvalue weighted by Crippen LogP contribution is -2.28. The van der Waals surface area contributed by atoms with Crippen LogP contribution in [0.3, 0.4) is 0 Å². The minimum absolute atomic E-state index is 0.697. The monoisotopic (exact) mass is 125 g/mol. The largest absolute Gasteiger partial charge is 0.486 e. The van der Waals surface area contributed by atoms with Crippen LogP contribution < -0.4 is 0 Å². The van der Waals surface area contributed by atoms with Crippen LogP contribution in [0, 0.1) is 0 Å². The van der Waals surface area contributed by atoms with Gasteiger partial charge in [-0.05, 0) is 6.08 Å². The van der Waals surface area contributed by atoms with Crippen molar-refractivity contribution < 1.29 is 4.74 Å². The van der Waals surface area contributed by atoms with Crippen LogP contribution in [-0.2, 0) is 4.74 Å². The van der Waals surface area contributed by atoms with Crippen molar-refractivity contribution in [3.05, 3.63) is 25.0 Å². The molecule has 0 unspecified atom stereocenters. The standard InChI is InChI=1S/C7H11NO/c1-2-4-8-5-3-6-9-7-8/h2-3,6H,1,4-5,7H2. The fraction of sp³-hybridized carbons (Fsp3) is 0.429. The summed E-state index contributed by atoms with van der Waals surface area (Å²) in [4.78, 5) is 2.15. The lowest BCUT2D eigenvalue weighted by atomic mass is 10.4. The van der Waals surface area contributed by atoms with Gasteiger partial charge in [-0.3, -0.25) is 4.90 Å². The summed E-state index contributed by atoms with van der Waals surface area (Å²) < 4.78 is 5.03. The van der Waals surface area contributed by atoms with Crippen LogP contribution >= 0.6 is 0 Å². The summed E-state index contributed by atoms with van der Waals surface area (Å²) in [7, 11) is 0. The maximum absolute atomic E-state index is 5.03. The van der Waals surface area contributed by atoms with E-state index in [0.717, 1.165) is 13.1 Å². The van der Waals surface area contributed by atoms with Gasteiger partial charge in [-0.15, -0.1) is 6.58 Å². The first-order valence-corrected chi connectivity index (χ1v) is 3.03. The molecule has 2 nitrogen and oxygen atoms in total. The van der Waals surface area contributed by atoms with Crippen molar-refractivity contribution in [2.75, 3.05) is 19.8 Å². The highest BCUT2D eigenvalue weighted by atomic mass is 16.5. The predicted molar refractivity (Wildman–Crippen MR) is 36.9 cm³/mol. The van der Waals surface area contributed by atoms with E-state index in [4.69, 9.17) is 4.74 Å². The topological polar surface area (TPSA) is 12.5 Å². The van der Waals surface area contributed by atoms with E-state index in [2.05, 4.69) is 11.5 Å². The van der Waals surface area contributed by atoms with E-state index < -0.39 is 0 Å². The molecule has 0 saturated carbocycles. The quantitative estimate of drug-likeness (QED) is 0.510. The van der Waals surface area contributed by atoms with Crippen LogP contribution in [0.15, 0.2) is 25.0 Å². The van der Waals surface area contributed by atoms with Crippen molar-refractivity contribution in [3.63, 3.8) is 0 Å². The van der Waals surface area contributed by atoms with E-state index in [1.807, 2.05) is 12.2 Å². The second kappa shape index (κ2) is 3.30. The average molecular weight is 125 g/mol. The number of hydrogen-bond acceptors (Lipinski definition) is 2. The SMILES string of the molecule is C=CCN1CC=COC1. The molecule has 0 aromatic heterocycles. The van der Waals surface area contributed by atoms with Gasteiger partial charge >= 0.3 is 0 Å². The van der Waals surface area contributed by atoms with E-state index in [1.54, 1.807) is 6.26 Å². The van der Waals surface area contributed by atoms with E-state index in [0.29, 0.717) is 6.73 Å². The van der Waals surface area contributed by atoms with Gasteiger partial charge in [-0.25, -0.2) is 0 Å². The van der Waals surface area contributed by atoms with E-state index in [1.165, 1.54) is 0 Å². The van der Waals surface area contributed by atoms with Crippen LogP contribution in [-0.4, -0.2) is 24.7 Å². The Morgan fingerprint density at radius 1 is 1.78 bits per heavy atom. The van der Waals surface area contributed by atoms with E-state index in [9.17, 15) is 0 Å². The van der Waals surface area contributed by atoms with Crippen molar-refractivity contribution in [2.24, 2.45) is 0 Å². The lowest BCUT2D eigenvalue weighted by molar-refractivity contribution is 0.0928. The molecule has 0 saturated heterocycles. The average Bonchev–Trinajstić information content (AvgIpc) is 1.91. The van der Waals surface area contributed by atoms with Crippen LogP contribution in [0.25, 0.3) is 0 Å². The van der Waals surface area contributed by atoms with Gasteiger partial charge in [0.25, 0.3) is 0 Å². The lowest BCUT2D eigenvalue weighted by Gasteiger charge is -2.20. The molecule has 0 aromatic rings. The van der Waals surface area contributed by atoms with Gasteiger partial charge in [0.05, 0.1) is 6.26 Å². The Morgan fingerprint density at radius 3 is 3.22 bits per heavy atom. The molecule has 0 N–H and O–H groups in total. The molecule has 1 aliphatic heterocycles. The summed E-state index contributed by atoms with van der Waals surface area (Å²) in [6, 6.07) is 0. The maximum Gasteiger partial charge on any atom is 0.141 e. The highest BCUT2D eigenvalue weighted by molar-refractivity contribution is 4.84. The van der Waals surface area contributed by atoms with Gasteiger partial charge in [-0.1, -0.05) is 6.08 Å². The molecule has 0 bridgehead atoms. The minimum Gasteiger partial charge on any atom is -0.486 e. The molecular weight excluding hydrogens is 114 g/mol. The third-order valence-electron chi connectivity index (χ3n) is 1.20. The number of hydrogen-bond donors (Lipinski definition) is 0. The van der Waals surface area contributed by atoms with E-state index in [-0.39, 0.29) is 0 Å². The normalized spacial score (nSPS) is 19.1. The Balaban J connectivity index is 2.26. The highest BCUT2D eigenvalue weighted by Crippen LogP contribution is 1.96. The molecule has 2 heteroatoms. The molecule has 0 aliphatic carbocycles. The summed E-state index contributed by atoms with van der Waals surface area (Å²) >= 11 is 0. The highest BCUT2D eigenvalue weighted by Gasteiger charge is 2.01. The molecule has 0 aromatic carbocycles. The maximum atomic E-state index is 5.03. The molecule has 1 aliphatic rings. The third kappa shape index (κ3) is 1.90.